The molecule has 0 spiro atoms. The SMILES string of the molecule is Cc1[nH]n(-c2ccc3nnc(C)n3n2)c(=O)c1C=Nc1cc(F)c(F)c(F)c1. The largest absolute Gasteiger partial charge is 0.293 e. The maximum Gasteiger partial charge on any atom is 0.281 e. The number of aryl methyl sites for hydroxylation is 2. The molecular formula is C17H12F3N7O. The summed E-state index contributed by atoms with van der Waals surface area (Å²) in [5.41, 5.74) is 0.510. The number of aliphatic imine (C=N–C) groups is 1. The third-order valence-electron chi connectivity index (χ3n) is 4.06. The van der Waals surface area contributed by atoms with E-state index in [4.69, 9.17) is 0 Å². The van der Waals surface area contributed by atoms with Crippen LogP contribution in [0.3, 0.4) is 0 Å². The number of aromatic nitrogens is 6. The van der Waals surface area contributed by atoms with Crippen LogP contribution in [-0.2, 0) is 0 Å². The van der Waals surface area contributed by atoms with E-state index < -0.39 is 23.0 Å². The average Bonchev–Trinajstić information content (AvgIpc) is 3.17. The maximum absolute atomic E-state index is 13.3. The lowest BCUT2D eigenvalue weighted by molar-refractivity contribution is 0.447. The van der Waals surface area contributed by atoms with Crippen molar-refractivity contribution in [3.05, 3.63) is 69.2 Å². The molecule has 0 amide bonds. The first-order valence-electron chi connectivity index (χ1n) is 8.05. The average molecular weight is 387 g/mol. The van der Waals surface area contributed by atoms with Gasteiger partial charge >= 0.3 is 0 Å². The number of halogens is 3. The first-order valence-corrected chi connectivity index (χ1v) is 8.05. The van der Waals surface area contributed by atoms with Crippen molar-refractivity contribution in [1.82, 2.24) is 29.6 Å². The second-order valence-electron chi connectivity index (χ2n) is 5.98. The lowest BCUT2D eigenvalue weighted by atomic mass is 10.2. The fourth-order valence-corrected chi connectivity index (χ4v) is 2.63. The standard InChI is InChI=1S/C17H12F3N7O/c1-8-11(7-21-10-5-12(18)16(20)13(19)6-10)17(28)27(24-8)15-4-3-14-23-22-9(2)26(14)25-15/h3-7,24H,1-2H3. The molecule has 8 nitrogen and oxygen atoms in total. The molecule has 1 N–H and O–H groups in total. The van der Waals surface area contributed by atoms with Crippen molar-refractivity contribution in [3.63, 3.8) is 0 Å². The molecule has 28 heavy (non-hydrogen) atoms. The summed E-state index contributed by atoms with van der Waals surface area (Å²) in [7, 11) is 0. The molecule has 1 aromatic carbocycles. The molecule has 3 aromatic heterocycles. The van der Waals surface area contributed by atoms with E-state index in [0.29, 0.717) is 23.0 Å². The summed E-state index contributed by atoms with van der Waals surface area (Å²) in [5.74, 6) is -3.46. The third-order valence-corrected chi connectivity index (χ3v) is 4.06. The van der Waals surface area contributed by atoms with Gasteiger partial charge in [0.1, 0.15) is 0 Å². The molecule has 4 aromatic rings. The molecule has 4 rings (SSSR count). The van der Waals surface area contributed by atoms with Gasteiger partial charge in [0.05, 0.1) is 11.3 Å². The number of rotatable bonds is 3. The summed E-state index contributed by atoms with van der Waals surface area (Å²) in [4.78, 5) is 16.6. The number of H-pyrrole nitrogens is 1. The van der Waals surface area contributed by atoms with Crippen LogP contribution in [0.1, 0.15) is 17.1 Å². The first-order chi connectivity index (χ1) is 13.3. The van der Waals surface area contributed by atoms with E-state index in [1.807, 2.05) is 0 Å². The topological polar surface area (TPSA) is 93.2 Å². The molecule has 0 aliphatic rings. The Labute approximate surface area is 155 Å². The van der Waals surface area contributed by atoms with Crippen LogP contribution in [0.2, 0.25) is 0 Å². The number of nitrogens with one attached hydrogen (secondary N) is 1. The van der Waals surface area contributed by atoms with Gasteiger partial charge < -0.3 is 0 Å². The van der Waals surface area contributed by atoms with Gasteiger partial charge in [-0.1, -0.05) is 0 Å². The fourth-order valence-electron chi connectivity index (χ4n) is 2.63. The van der Waals surface area contributed by atoms with E-state index in [1.54, 1.807) is 26.0 Å². The summed E-state index contributed by atoms with van der Waals surface area (Å²) in [6.45, 7) is 3.35. The fraction of sp³-hybridized carbons (Fsp3) is 0.118. The minimum Gasteiger partial charge on any atom is -0.293 e. The van der Waals surface area contributed by atoms with Gasteiger partial charge in [-0.2, -0.15) is 9.20 Å². The van der Waals surface area contributed by atoms with Crippen LogP contribution in [0, 0.1) is 31.3 Å². The highest BCUT2D eigenvalue weighted by molar-refractivity contribution is 5.83. The number of aromatic amines is 1. The van der Waals surface area contributed by atoms with Crippen LogP contribution in [0.15, 0.2) is 34.1 Å². The summed E-state index contributed by atoms with van der Waals surface area (Å²) in [6.07, 6.45) is 1.15. The van der Waals surface area contributed by atoms with Gasteiger partial charge in [-0.05, 0) is 26.0 Å². The van der Waals surface area contributed by atoms with E-state index in [0.717, 1.165) is 18.3 Å². The van der Waals surface area contributed by atoms with Gasteiger partial charge in [0.25, 0.3) is 5.56 Å². The van der Waals surface area contributed by atoms with Crippen molar-refractivity contribution >= 4 is 17.5 Å². The van der Waals surface area contributed by atoms with Gasteiger partial charge in [0, 0.05) is 24.0 Å². The number of hydrogen-bond donors (Lipinski definition) is 1. The van der Waals surface area contributed by atoms with Crippen LogP contribution in [-0.4, -0.2) is 35.8 Å². The van der Waals surface area contributed by atoms with Crippen LogP contribution in [0.5, 0.6) is 0 Å². The first kappa shape index (κ1) is 17.6. The van der Waals surface area contributed by atoms with Crippen LogP contribution in [0.4, 0.5) is 18.9 Å². The van der Waals surface area contributed by atoms with Crippen molar-refractivity contribution in [3.8, 4) is 5.82 Å². The molecular weight excluding hydrogens is 375 g/mol. The predicted octanol–water partition coefficient (Wildman–Crippen LogP) is 2.39. The molecule has 0 bridgehead atoms. The van der Waals surface area contributed by atoms with E-state index in [-0.39, 0.29) is 11.3 Å². The second kappa shape index (κ2) is 6.44. The van der Waals surface area contributed by atoms with Gasteiger partial charge in [0.2, 0.25) is 0 Å². The molecule has 0 atom stereocenters. The van der Waals surface area contributed by atoms with Crippen LogP contribution in [0.25, 0.3) is 11.5 Å². The summed E-state index contributed by atoms with van der Waals surface area (Å²) in [6, 6.07) is 4.72. The Kier molecular flexibility index (Phi) is 4.06. The Balaban J connectivity index is 1.75. The molecule has 0 fully saturated rings. The van der Waals surface area contributed by atoms with Crippen molar-refractivity contribution in [2.45, 2.75) is 13.8 Å². The Morgan fingerprint density at radius 1 is 1.11 bits per heavy atom. The number of hydrogen-bond acceptors (Lipinski definition) is 5. The van der Waals surface area contributed by atoms with Gasteiger partial charge in [0.15, 0.2) is 34.7 Å². The summed E-state index contributed by atoms with van der Waals surface area (Å²) in [5, 5.41) is 15.0. The van der Waals surface area contributed by atoms with Crippen molar-refractivity contribution < 1.29 is 13.2 Å². The monoisotopic (exact) mass is 387 g/mol. The predicted molar refractivity (Wildman–Crippen MR) is 93.8 cm³/mol. The quantitative estimate of drug-likeness (QED) is 0.432. The minimum absolute atomic E-state index is 0.160. The zero-order chi connectivity index (χ0) is 20.0. The van der Waals surface area contributed by atoms with E-state index in [1.165, 1.54) is 9.20 Å². The van der Waals surface area contributed by atoms with E-state index in [9.17, 15) is 18.0 Å². The molecule has 11 heteroatoms. The maximum atomic E-state index is 13.3. The Morgan fingerprint density at radius 3 is 2.54 bits per heavy atom. The number of nitrogens with zero attached hydrogens (tertiary/aromatic N) is 6. The highest BCUT2D eigenvalue weighted by Gasteiger charge is 2.14. The normalized spacial score (nSPS) is 11.8. The highest BCUT2D eigenvalue weighted by Crippen LogP contribution is 2.19. The third kappa shape index (κ3) is 2.86. The van der Waals surface area contributed by atoms with Crippen molar-refractivity contribution in [2.75, 3.05) is 0 Å². The molecule has 0 aliphatic carbocycles. The molecule has 0 unspecified atom stereocenters. The van der Waals surface area contributed by atoms with Gasteiger partial charge in [-0.15, -0.1) is 15.3 Å². The molecule has 0 saturated heterocycles. The van der Waals surface area contributed by atoms with Crippen molar-refractivity contribution in [1.29, 1.82) is 0 Å². The molecule has 0 aliphatic heterocycles. The summed E-state index contributed by atoms with van der Waals surface area (Å²) < 4.78 is 42.3. The number of benzene rings is 1. The Morgan fingerprint density at radius 2 is 1.82 bits per heavy atom. The second-order valence-corrected chi connectivity index (χ2v) is 5.98. The minimum atomic E-state index is -1.58. The zero-order valence-electron chi connectivity index (χ0n) is 14.6. The molecule has 142 valence electrons. The highest BCUT2D eigenvalue weighted by atomic mass is 19.2. The zero-order valence-corrected chi connectivity index (χ0v) is 14.6. The summed E-state index contributed by atoms with van der Waals surface area (Å²) >= 11 is 0. The smallest absolute Gasteiger partial charge is 0.281 e. The van der Waals surface area contributed by atoms with E-state index in [2.05, 4.69) is 25.4 Å². The van der Waals surface area contributed by atoms with Crippen molar-refractivity contribution in [2.24, 2.45) is 4.99 Å². The van der Waals surface area contributed by atoms with Crippen LogP contribution >= 0.6 is 0 Å². The molecule has 3 heterocycles. The van der Waals surface area contributed by atoms with Gasteiger partial charge in [-0.25, -0.2) is 13.2 Å². The molecule has 0 saturated carbocycles. The van der Waals surface area contributed by atoms with Gasteiger partial charge in [-0.3, -0.25) is 14.9 Å². The lowest BCUT2D eigenvalue weighted by Gasteiger charge is -2.01. The molecule has 0 radical (unpaired) electrons. The Hall–Kier alpha value is -3.76. The number of fused-ring (bicyclic) bond motifs is 1. The lowest BCUT2D eigenvalue weighted by Crippen LogP contribution is -2.19. The Bertz CT molecular complexity index is 1280. The van der Waals surface area contributed by atoms with Crippen LogP contribution < -0.4 is 5.56 Å². The van der Waals surface area contributed by atoms with E-state index >= 15 is 0 Å².